The van der Waals surface area contributed by atoms with E-state index in [0.29, 0.717) is 26.2 Å². The third-order valence-electron chi connectivity index (χ3n) is 10.1. The summed E-state index contributed by atoms with van der Waals surface area (Å²) < 4.78 is 79.1. The van der Waals surface area contributed by atoms with Crippen LogP contribution in [-0.4, -0.2) is 274 Å². The number of carboxylic acids is 3. The molecule has 2 saturated heterocycles. The van der Waals surface area contributed by atoms with Gasteiger partial charge >= 0.3 is 17.9 Å². The van der Waals surface area contributed by atoms with E-state index >= 15 is 0 Å². The lowest BCUT2D eigenvalue weighted by Crippen LogP contribution is -2.60. The van der Waals surface area contributed by atoms with Gasteiger partial charge in [0.15, 0.2) is 6.29 Å². The Bertz CT molecular complexity index is 1480. The molecular weight excluding hydrogens is 931 g/mol. The first-order valence-electron chi connectivity index (χ1n) is 21.1. The molecule has 0 aliphatic carbocycles. The minimum absolute atomic E-state index is 0.129. The van der Waals surface area contributed by atoms with Crippen molar-refractivity contribution in [1.29, 1.82) is 0 Å². The number of carboxylic acid groups (broad SMARTS) is 3. The van der Waals surface area contributed by atoms with E-state index in [0.717, 1.165) is 0 Å². The summed E-state index contributed by atoms with van der Waals surface area (Å²) in [6, 6.07) is -1.25. The largest absolute Gasteiger partial charge is 0.480 e. The summed E-state index contributed by atoms with van der Waals surface area (Å²) in [7, 11) is -8.98. The SMILES string of the molecule is CCOCCOCCCNC(=O)[C@@H](CCC(=O)NCCOC1OC(CS(O)(O)O)C(O)C(S(O)(O)O)C1O)NC(=O)CN1CCN(CC(=O)O)CCN(CC(=O)O)CCN(CC(=O)O)CC1. The number of amides is 3. The maximum absolute atomic E-state index is 13.6. The molecule has 2 rings (SSSR count). The van der Waals surface area contributed by atoms with Crippen molar-refractivity contribution in [2.45, 2.75) is 62.1 Å². The van der Waals surface area contributed by atoms with Crippen molar-refractivity contribution >= 4 is 57.4 Å². The summed E-state index contributed by atoms with van der Waals surface area (Å²) in [6.45, 7) is 2.63. The standard InChI is InChI=1S/C36H69N7O21S2/c1-2-61-18-19-62-16-3-6-38-35(54)25(4-5-27(44)37-7-17-63-36-33(53)34(66(58,59)60)32(52)26(64-36)24-65(55,56)57)39-28(45)20-40-8-10-41(21-29(46)47)12-14-43(23-31(50)51)15-13-42(11-9-40)22-30(48)49/h25-26,32-34,36,52-53,55-60H,2-24H2,1H3,(H,37,44)(H,38,54)(H,39,45)(H,46,47)(H,48,49)(H,50,51)/t25-,26?,32?,33?,34?,36?/m1/s1. The zero-order valence-corrected chi connectivity index (χ0v) is 38.5. The van der Waals surface area contributed by atoms with Gasteiger partial charge in [0.2, 0.25) is 17.7 Å². The number of aliphatic hydroxyl groups is 2. The number of aliphatic hydroxyl groups excluding tert-OH is 2. The van der Waals surface area contributed by atoms with Gasteiger partial charge in [-0.25, -0.2) is 0 Å². The van der Waals surface area contributed by atoms with Gasteiger partial charge in [-0.2, -0.15) is 0 Å². The molecule has 0 spiro atoms. The Labute approximate surface area is 385 Å². The number of nitrogens with one attached hydrogen (secondary N) is 3. The van der Waals surface area contributed by atoms with Crippen LogP contribution in [0.3, 0.4) is 0 Å². The second kappa shape index (κ2) is 30.4. The summed E-state index contributed by atoms with van der Waals surface area (Å²) in [4.78, 5) is 81.2. The van der Waals surface area contributed by atoms with Gasteiger partial charge in [0.1, 0.15) is 29.6 Å². The molecule has 2 aliphatic rings. The molecule has 28 nitrogen and oxygen atoms in total. The van der Waals surface area contributed by atoms with E-state index in [1.54, 1.807) is 19.6 Å². The highest BCUT2D eigenvalue weighted by atomic mass is 32.3. The highest BCUT2D eigenvalue weighted by Crippen LogP contribution is 2.48. The fraction of sp³-hybridized carbons (Fsp3) is 0.833. The Morgan fingerprint density at radius 1 is 0.652 bits per heavy atom. The van der Waals surface area contributed by atoms with Crippen LogP contribution in [0.2, 0.25) is 0 Å². The van der Waals surface area contributed by atoms with Crippen molar-refractivity contribution < 1.29 is 101 Å². The van der Waals surface area contributed by atoms with E-state index in [2.05, 4.69) is 16.0 Å². The number of carbonyl (C=O) groups excluding carboxylic acids is 3. The Kier molecular flexibility index (Phi) is 27.2. The third-order valence-corrected chi connectivity index (χ3v) is 12.2. The van der Waals surface area contributed by atoms with Gasteiger partial charge in [0.05, 0.1) is 73.5 Å². The lowest BCUT2D eigenvalue weighted by molar-refractivity contribution is -0.258. The van der Waals surface area contributed by atoms with E-state index in [4.69, 9.17) is 18.9 Å². The molecule has 0 aromatic heterocycles. The first kappa shape index (κ1) is 59.0. The van der Waals surface area contributed by atoms with E-state index in [1.807, 2.05) is 6.92 Å². The quantitative estimate of drug-likeness (QED) is 0.0341. The van der Waals surface area contributed by atoms with Crippen molar-refractivity contribution in [3.05, 3.63) is 0 Å². The van der Waals surface area contributed by atoms with Crippen molar-refractivity contribution in [3.63, 3.8) is 0 Å². The van der Waals surface area contributed by atoms with Gasteiger partial charge in [-0.1, -0.05) is 0 Å². The summed E-state index contributed by atoms with van der Waals surface area (Å²) >= 11 is 0. The van der Waals surface area contributed by atoms with Crippen LogP contribution in [0, 0.1) is 0 Å². The van der Waals surface area contributed by atoms with E-state index in [9.17, 15) is 81.6 Å². The van der Waals surface area contributed by atoms with E-state index in [-0.39, 0.29) is 111 Å². The monoisotopic (exact) mass is 999 g/mol. The number of hydrogen-bond acceptors (Lipinski definition) is 22. The predicted octanol–water partition coefficient (Wildman–Crippen LogP) is -3.32. The maximum Gasteiger partial charge on any atom is 0.317 e. The summed E-state index contributed by atoms with van der Waals surface area (Å²) in [5.41, 5.74) is 0. The zero-order chi connectivity index (χ0) is 49.5. The van der Waals surface area contributed by atoms with Crippen LogP contribution in [0.4, 0.5) is 0 Å². The molecule has 386 valence electrons. The second-order valence-corrected chi connectivity index (χ2v) is 18.7. The van der Waals surface area contributed by atoms with Crippen LogP contribution >= 0.6 is 21.7 Å². The molecule has 0 radical (unpaired) electrons. The molecule has 5 unspecified atom stereocenters. The van der Waals surface area contributed by atoms with Gasteiger partial charge in [-0.3, -0.25) is 48.4 Å². The molecule has 14 N–H and O–H groups in total. The van der Waals surface area contributed by atoms with E-state index < -0.39 is 106 Å². The minimum Gasteiger partial charge on any atom is -0.480 e. The first-order chi connectivity index (χ1) is 31.0. The molecule has 6 atom stereocenters. The number of nitrogens with zero attached hydrogens (tertiary/aromatic N) is 4. The molecule has 0 saturated carbocycles. The van der Waals surface area contributed by atoms with Crippen molar-refractivity contribution in [2.24, 2.45) is 0 Å². The molecule has 0 bridgehead atoms. The molecular formula is C36H69N7O21S2. The summed E-state index contributed by atoms with van der Waals surface area (Å²) in [6.07, 6.45) is -7.86. The van der Waals surface area contributed by atoms with Crippen LogP contribution in [0.5, 0.6) is 0 Å². The van der Waals surface area contributed by atoms with Crippen LogP contribution in [0.1, 0.15) is 26.2 Å². The lowest BCUT2D eigenvalue weighted by atomic mass is 10.0. The van der Waals surface area contributed by atoms with E-state index in [1.165, 1.54) is 0 Å². The summed E-state index contributed by atoms with van der Waals surface area (Å²) in [5.74, 6) is -6.30. The van der Waals surface area contributed by atoms with Gasteiger partial charge in [0, 0.05) is 85.1 Å². The first-order valence-corrected chi connectivity index (χ1v) is 24.4. The normalized spacial score (nSPS) is 23.4. The maximum atomic E-state index is 13.6. The molecule has 0 aromatic carbocycles. The van der Waals surface area contributed by atoms with Gasteiger partial charge < -0.3 is 87.7 Å². The Hall–Kier alpha value is -3.12. The third kappa shape index (κ3) is 24.8. The fourth-order valence-corrected chi connectivity index (χ4v) is 8.64. The average molecular weight is 1000 g/mol. The summed E-state index contributed by atoms with van der Waals surface area (Å²) in [5, 5.41) is 55.2. The van der Waals surface area contributed by atoms with Crippen LogP contribution in [-0.2, 0) is 47.7 Å². The van der Waals surface area contributed by atoms with Crippen LogP contribution < -0.4 is 16.0 Å². The minimum atomic E-state index is -4.67. The number of rotatable bonds is 28. The number of aliphatic carboxylic acids is 3. The molecule has 2 aliphatic heterocycles. The number of carbonyl (C=O) groups is 6. The van der Waals surface area contributed by atoms with Crippen molar-refractivity contribution in [1.82, 2.24) is 35.6 Å². The molecule has 3 amide bonds. The van der Waals surface area contributed by atoms with Crippen molar-refractivity contribution in [2.75, 3.05) is 130 Å². The van der Waals surface area contributed by atoms with Crippen molar-refractivity contribution in [3.8, 4) is 0 Å². The Balaban J connectivity index is 2.13. The highest BCUT2D eigenvalue weighted by Gasteiger charge is 2.53. The number of ether oxygens (including phenoxy) is 4. The number of hydrogen-bond donors (Lipinski definition) is 14. The highest BCUT2D eigenvalue weighted by molar-refractivity contribution is 8.20. The van der Waals surface area contributed by atoms with Crippen LogP contribution in [0.15, 0.2) is 0 Å². The molecule has 2 fully saturated rings. The predicted molar refractivity (Wildman–Crippen MR) is 234 cm³/mol. The van der Waals surface area contributed by atoms with Gasteiger partial charge in [0.25, 0.3) is 0 Å². The lowest BCUT2D eigenvalue weighted by Gasteiger charge is -2.47. The van der Waals surface area contributed by atoms with Crippen LogP contribution in [0.25, 0.3) is 0 Å². The Morgan fingerprint density at radius 3 is 1.62 bits per heavy atom. The molecule has 0 aromatic rings. The zero-order valence-electron chi connectivity index (χ0n) is 36.8. The fourth-order valence-electron chi connectivity index (χ4n) is 6.87. The molecule has 30 heteroatoms. The topological polar surface area (TPSA) is 411 Å². The Morgan fingerprint density at radius 2 is 1.15 bits per heavy atom. The van der Waals surface area contributed by atoms with Gasteiger partial charge in [-0.15, -0.1) is 0 Å². The molecule has 2 heterocycles. The second-order valence-electron chi connectivity index (χ2n) is 15.5. The smallest absolute Gasteiger partial charge is 0.317 e. The average Bonchev–Trinajstić information content (AvgIpc) is 3.20. The van der Waals surface area contributed by atoms with Gasteiger partial charge in [-0.05, 0) is 19.8 Å². The molecule has 66 heavy (non-hydrogen) atoms.